The second kappa shape index (κ2) is 5.88. The molecule has 1 aromatic heterocycles. The number of benzene rings is 1. The lowest BCUT2D eigenvalue weighted by Gasteiger charge is -2.23. The molecular formula is C17H23N3OS. The van der Waals surface area contributed by atoms with Gasteiger partial charge in [0, 0.05) is 29.6 Å². The summed E-state index contributed by atoms with van der Waals surface area (Å²) in [6.45, 7) is 8.99. The topological polar surface area (TPSA) is 47.0 Å². The average molecular weight is 317 g/mol. The van der Waals surface area contributed by atoms with Crippen molar-refractivity contribution in [3.63, 3.8) is 0 Å². The molecule has 1 aliphatic carbocycles. The van der Waals surface area contributed by atoms with Crippen LogP contribution in [0.2, 0.25) is 0 Å². The minimum atomic E-state index is -0.204. The molecule has 22 heavy (non-hydrogen) atoms. The Morgan fingerprint density at radius 3 is 2.77 bits per heavy atom. The van der Waals surface area contributed by atoms with Crippen molar-refractivity contribution in [1.82, 2.24) is 9.36 Å². The quantitative estimate of drug-likeness (QED) is 0.881. The van der Waals surface area contributed by atoms with E-state index in [4.69, 9.17) is 4.74 Å². The molecule has 118 valence electrons. The molecule has 1 fully saturated rings. The van der Waals surface area contributed by atoms with Gasteiger partial charge in [-0.1, -0.05) is 12.1 Å². The van der Waals surface area contributed by atoms with Crippen LogP contribution in [0.3, 0.4) is 0 Å². The molecule has 3 rings (SSSR count). The van der Waals surface area contributed by atoms with Crippen LogP contribution >= 0.6 is 11.5 Å². The predicted molar refractivity (Wildman–Crippen MR) is 90.8 cm³/mol. The minimum absolute atomic E-state index is 0.204. The summed E-state index contributed by atoms with van der Waals surface area (Å²) in [5.41, 5.74) is 2.14. The lowest BCUT2D eigenvalue weighted by Crippen LogP contribution is -2.24. The molecule has 0 atom stereocenters. The van der Waals surface area contributed by atoms with Crippen LogP contribution < -0.4 is 10.1 Å². The summed E-state index contributed by atoms with van der Waals surface area (Å²) in [5, 5.41) is 4.27. The normalized spacial score (nSPS) is 14.9. The number of nitrogens with one attached hydrogen (secondary N) is 1. The second-order valence-corrected chi connectivity index (χ2v) is 7.66. The van der Waals surface area contributed by atoms with E-state index < -0.39 is 0 Å². The van der Waals surface area contributed by atoms with Crippen LogP contribution in [0.4, 0.5) is 5.13 Å². The van der Waals surface area contributed by atoms with Gasteiger partial charge in [-0.05, 0) is 52.2 Å². The number of aromatic nitrogens is 2. The lowest BCUT2D eigenvalue weighted by atomic mass is 10.1. The highest BCUT2D eigenvalue weighted by Crippen LogP contribution is 2.39. The Bertz CT molecular complexity index is 656. The van der Waals surface area contributed by atoms with Gasteiger partial charge < -0.3 is 10.1 Å². The predicted octanol–water partition coefficient (Wildman–Crippen LogP) is 4.51. The van der Waals surface area contributed by atoms with E-state index in [9.17, 15) is 0 Å². The number of nitrogens with zero attached hydrogens (tertiary/aromatic N) is 2. The zero-order valence-corrected chi connectivity index (χ0v) is 14.5. The third-order valence-corrected chi connectivity index (χ3v) is 4.14. The van der Waals surface area contributed by atoms with Crippen molar-refractivity contribution in [2.45, 2.75) is 58.6 Å². The van der Waals surface area contributed by atoms with Crippen molar-refractivity contribution in [3.8, 4) is 5.75 Å². The van der Waals surface area contributed by atoms with Gasteiger partial charge in [0.15, 0.2) is 0 Å². The monoisotopic (exact) mass is 317 g/mol. The first-order valence-corrected chi connectivity index (χ1v) is 8.54. The molecule has 4 nitrogen and oxygen atoms in total. The maximum absolute atomic E-state index is 6.08. The molecule has 2 aromatic rings. The summed E-state index contributed by atoms with van der Waals surface area (Å²) < 4.78 is 10.5. The molecule has 1 saturated carbocycles. The first kappa shape index (κ1) is 15.3. The van der Waals surface area contributed by atoms with Gasteiger partial charge in [-0.15, -0.1) is 0 Å². The molecule has 1 N–H and O–H groups in total. The van der Waals surface area contributed by atoms with Crippen LogP contribution in [-0.2, 0) is 6.54 Å². The zero-order chi connectivity index (χ0) is 15.7. The third-order valence-electron chi connectivity index (χ3n) is 3.45. The van der Waals surface area contributed by atoms with E-state index in [0.717, 1.165) is 22.3 Å². The molecule has 5 heteroatoms. The van der Waals surface area contributed by atoms with Crippen molar-refractivity contribution < 1.29 is 4.74 Å². The fourth-order valence-electron chi connectivity index (χ4n) is 2.22. The maximum Gasteiger partial charge on any atom is 0.202 e. The number of hydrogen-bond acceptors (Lipinski definition) is 5. The summed E-state index contributed by atoms with van der Waals surface area (Å²) >= 11 is 1.45. The Kier molecular flexibility index (Phi) is 4.08. The standard InChI is InChI=1S/C17H23N3OS/c1-11-5-6-13(14(9-11)21-17(2,3)4)10-18-16-19-15(20-22-16)12-7-8-12/h5-6,9,12H,7-8,10H2,1-4H3,(H,18,19,20). The van der Waals surface area contributed by atoms with E-state index in [1.807, 2.05) is 0 Å². The van der Waals surface area contributed by atoms with Crippen LogP contribution in [0.25, 0.3) is 0 Å². The highest BCUT2D eigenvalue weighted by molar-refractivity contribution is 7.09. The van der Waals surface area contributed by atoms with Gasteiger partial charge in [0.1, 0.15) is 17.2 Å². The molecule has 1 aliphatic rings. The van der Waals surface area contributed by atoms with Crippen LogP contribution in [-0.4, -0.2) is 15.0 Å². The number of anilines is 1. The number of ether oxygens (including phenoxy) is 1. The van der Waals surface area contributed by atoms with E-state index in [-0.39, 0.29) is 5.60 Å². The first-order chi connectivity index (χ1) is 10.4. The molecular weight excluding hydrogens is 294 g/mol. The van der Waals surface area contributed by atoms with Crippen molar-refractivity contribution in [2.24, 2.45) is 0 Å². The fraction of sp³-hybridized carbons (Fsp3) is 0.529. The number of aryl methyl sites for hydroxylation is 1. The number of rotatable bonds is 5. The van der Waals surface area contributed by atoms with Crippen molar-refractivity contribution in [3.05, 3.63) is 35.2 Å². The van der Waals surface area contributed by atoms with Gasteiger partial charge in [0.2, 0.25) is 5.13 Å². The third kappa shape index (κ3) is 3.97. The zero-order valence-electron chi connectivity index (χ0n) is 13.6. The van der Waals surface area contributed by atoms with E-state index in [2.05, 4.69) is 60.6 Å². The summed E-state index contributed by atoms with van der Waals surface area (Å²) in [7, 11) is 0. The van der Waals surface area contributed by atoms with Gasteiger partial charge >= 0.3 is 0 Å². The molecule has 0 saturated heterocycles. The largest absolute Gasteiger partial charge is 0.488 e. The van der Waals surface area contributed by atoms with Crippen molar-refractivity contribution in [1.29, 1.82) is 0 Å². The molecule has 0 unspecified atom stereocenters. The molecule has 0 aliphatic heterocycles. The molecule has 0 radical (unpaired) electrons. The summed E-state index contributed by atoms with van der Waals surface area (Å²) in [6, 6.07) is 6.33. The van der Waals surface area contributed by atoms with Crippen LogP contribution in [0.5, 0.6) is 5.75 Å². The Labute approximate surface area is 136 Å². The van der Waals surface area contributed by atoms with Gasteiger partial charge in [-0.3, -0.25) is 0 Å². The second-order valence-electron chi connectivity index (χ2n) is 6.91. The van der Waals surface area contributed by atoms with E-state index in [1.54, 1.807) is 0 Å². The van der Waals surface area contributed by atoms with Gasteiger partial charge in [-0.2, -0.15) is 4.37 Å². The Morgan fingerprint density at radius 2 is 2.09 bits per heavy atom. The van der Waals surface area contributed by atoms with Crippen LogP contribution in [0.1, 0.15) is 56.5 Å². The van der Waals surface area contributed by atoms with E-state index in [0.29, 0.717) is 12.5 Å². The van der Waals surface area contributed by atoms with E-state index >= 15 is 0 Å². The van der Waals surface area contributed by atoms with Gasteiger partial charge in [-0.25, -0.2) is 4.98 Å². The average Bonchev–Trinajstić information content (AvgIpc) is 3.16. The maximum atomic E-state index is 6.08. The van der Waals surface area contributed by atoms with Crippen LogP contribution in [0, 0.1) is 6.92 Å². The fourth-order valence-corrected chi connectivity index (χ4v) is 2.86. The highest BCUT2D eigenvalue weighted by Gasteiger charge is 2.27. The van der Waals surface area contributed by atoms with Crippen molar-refractivity contribution in [2.75, 3.05) is 5.32 Å². The highest BCUT2D eigenvalue weighted by atomic mass is 32.1. The molecule has 0 spiro atoms. The molecule has 1 aromatic carbocycles. The van der Waals surface area contributed by atoms with Gasteiger partial charge in [0.05, 0.1) is 0 Å². The smallest absolute Gasteiger partial charge is 0.202 e. The first-order valence-electron chi connectivity index (χ1n) is 7.77. The van der Waals surface area contributed by atoms with Crippen molar-refractivity contribution >= 4 is 16.7 Å². The molecule has 1 heterocycles. The summed E-state index contributed by atoms with van der Waals surface area (Å²) in [4.78, 5) is 4.56. The summed E-state index contributed by atoms with van der Waals surface area (Å²) in [6.07, 6.45) is 2.47. The Balaban J connectivity index is 1.70. The van der Waals surface area contributed by atoms with Gasteiger partial charge in [0.25, 0.3) is 0 Å². The number of hydrogen-bond donors (Lipinski definition) is 1. The van der Waals surface area contributed by atoms with Crippen LogP contribution in [0.15, 0.2) is 18.2 Å². The van der Waals surface area contributed by atoms with E-state index in [1.165, 1.54) is 29.9 Å². The summed E-state index contributed by atoms with van der Waals surface area (Å²) in [5.74, 6) is 2.54. The molecule has 0 amide bonds. The molecule has 0 bridgehead atoms. The minimum Gasteiger partial charge on any atom is -0.488 e. The Hall–Kier alpha value is -1.62. The Morgan fingerprint density at radius 1 is 1.32 bits per heavy atom. The SMILES string of the molecule is Cc1ccc(CNc2nc(C3CC3)ns2)c(OC(C)(C)C)c1. The lowest BCUT2D eigenvalue weighted by molar-refractivity contribution is 0.129.